The van der Waals surface area contributed by atoms with Gasteiger partial charge in [0.05, 0.1) is 24.2 Å². The third-order valence-electron chi connectivity index (χ3n) is 11.8. The zero-order chi connectivity index (χ0) is 53.3. The highest BCUT2D eigenvalue weighted by atomic mass is 32.2. The number of amides is 4. The Balaban J connectivity index is 1.38. The minimum atomic E-state index is -0.884. The molecule has 18 heteroatoms. The van der Waals surface area contributed by atoms with Crippen LogP contribution in [-0.2, 0) is 48.1 Å². The molecule has 0 spiro atoms. The van der Waals surface area contributed by atoms with E-state index >= 15 is 0 Å². The van der Waals surface area contributed by atoms with E-state index < -0.39 is 47.3 Å². The van der Waals surface area contributed by atoms with Crippen molar-refractivity contribution in [1.29, 1.82) is 0 Å². The Bertz CT molecular complexity index is 2680. The molecule has 73 heavy (non-hydrogen) atoms. The van der Waals surface area contributed by atoms with Crippen molar-refractivity contribution in [3.05, 3.63) is 114 Å². The van der Waals surface area contributed by atoms with Crippen LogP contribution in [0, 0.1) is 0 Å². The van der Waals surface area contributed by atoms with Gasteiger partial charge in [0, 0.05) is 55.4 Å². The molecule has 5 rings (SSSR count). The zero-order valence-electron chi connectivity index (χ0n) is 43.5. The zero-order valence-corrected chi connectivity index (χ0v) is 44.4. The van der Waals surface area contributed by atoms with Crippen molar-refractivity contribution < 1.29 is 43.0 Å². The van der Waals surface area contributed by atoms with Crippen molar-refractivity contribution in [1.82, 2.24) is 35.7 Å². The van der Waals surface area contributed by atoms with E-state index in [2.05, 4.69) is 21.3 Å². The molecule has 6 N–H and O–H groups in total. The number of esters is 1. The molecule has 392 valence electrons. The molecule has 2 aromatic heterocycles. The quantitative estimate of drug-likeness (QED) is 0.0171. The number of aromatic nitrogens is 2. The van der Waals surface area contributed by atoms with Gasteiger partial charge in [-0.3, -0.25) is 19.0 Å². The number of carbonyl (C=O) groups excluding carboxylic acids is 6. The highest BCUT2D eigenvalue weighted by molar-refractivity contribution is 7.99. The number of alkyl carbamates (subject to hydrolysis) is 1. The molecule has 5 aromatic rings. The van der Waals surface area contributed by atoms with Gasteiger partial charge < -0.3 is 46.1 Å². The number of likely N-dealkylation sites (N-methyl/N-ethyl adjacent to an activating group) is 1. The minimum Gasteiger partial charge on any atom is -0.465 e. The summed E-state index contributed by atoms with van der Waals surface area (Å²) in [5.74, 6) is -1.11. The van der Waals surface area contributed by atoms with Gasteiger partial charge >= 0.3 is 18.2 Å². The molecular formula is C55H72N8O9S. The number of nitrogens with one attached hydrogen (secondary N) is 4. The van der Waals surface area contributed by atoms with Gasteiger partial charge in [-0.15, -0.1) is 0 Å². The third kappa shape index (κ3) is 16.9. The van der Waals surface area contributed by atoms with Gasteiger partial charge in [-0.1, -0.05) is 60.3 Å². The summed E-state index contributed by atoms with van der Waals surface area (Å²) in [6, 6.07) is 22.1. The number of carbonyl (C=O) groups is 6. The summed E-state index contributed by atoms with van der Waals surface area (Å²) in [5.41, 5.74) is 9.79. The fraction of sp³-hybridized carbons (Fsp3) is 0.436. The standard InChI is InChI=1S/C55H72N8O9S/c1-36(31-40-34-63(53(69)72-55(5,6)7)46-22-11-10-18-42(40)46)62(8)50(66)45(20-12-13-28-56)61-48(65)44(21-16-30-59-52(68)71-54(2,3)4)60-32-39-17-15-29-58-49(39)73-47-23-14-19-41(43(47)33-57-35-64)37-24-26-38(27-25-37)51(67)70-9/h10-11,14-15,17-19,22-27,29,34-36,44-45,60H,12-13,16,20-21,28,30-33,56H2,1-9H3,(H,57,64)(H,59,68)(H,61,65). The Labute approximate surface area is 433 Å². The van der Waals surface area contributed by atoms with E-state index in [-0.39, 0.29) is 31.6 Å². The first-order valence-corrected chi connectivity index (χ1v) is 25.4. The smallest absolute Gasteiger partial charge is 0.419 e. The maximum atomic E-state index is 14.6. The van der Waals surface area contributed by atoms with Crippen LogP contribution in [-0.4, -0.2) is 107 Å². The average molecular weight is 1020 g/mol. The van der Waals surface area contributed by atoms with Crippen LogP contribution in [0.1, 0.15) is 108 Å². The second kappa shape index (κ2) is 26.8. The topological polar surface area (TPSA) is 225 Å². The van der Waals surface area contributed by atoms with E-state index in [4.69, 9.17) is 24.9 Å². The van der Waals surface area contributed by atoms with E-state index in [0.29, 0.717) is 67.6 Å². The van der Waals surface area contributed by atoms with Crippen LogP contribution < -0.4 is 27.0 Å². The first kappa shape index (κ1) is 57.1. The summed E-state index contributed by atoms with van der Waals surface area (Å²) < 4.78 is 17.5. The molecule has 3 aromatic carbocycles. The van der Waals surface area contributed by atoms with Gasteiger partial charge in [0.15, 0.2) is 0 Å². The van der Waals surface area contributed by atoms with Crippen LogP contribution in [0.4, 0.5) is 9.59 Å². The fourth-order valence-electron chi connectivity index (χ4n) is 8.10. The summed E-state index contributed by atoms with van der Waals surface area (Å²) in [6.45, 7) is 13.8. The van der Waals surface area contributed by atoms with Gasteiger partial charge in [0.1, 0.15) is 22.3 Å². The predicted molar refractivity (Wildman–Crippen MR) is 283 cm³/mol. The van der Waals surface area contributed by atoms with Gasteiger partial charge in [-0.05, 0) is 152 Å². The Morgan fingerprint density at radius 1 is 0.836 bits per heavy atom. The molecule has 0 aliphatic rings. The third-order valence-corrected chi connectivity index (χ3v) is 13.0. The van der Waals surface area contributed by atoms with Crippen LogP contribution >= 0.6 is 11.8 Å². The molecule has 0 radical (unpaired) electrons. The fourth-order valence-corrected chi connectivity index (χ4v) is 9.15. The Hall–Kier alpha value is -6.76. The highest BCUT2D eigenvalue weighted by Crippen LogP contribution is 2.37. The minimum absolute atomic E-state index is 0.212. The molecule has 4 amide bonds. The van der Waals surface area contributed by atoms with Crippen molar-refractivity contribution >= 4 is 59.0 Å². The molecule has 17 nitrogen and oxygen atoms in total. The van der Waals surface area contributed by atoms with Crippen molar-refractivity contribution in [3.63, 3.8) is 0 Å². The monoisotopic (exact) mass is 1020 g/mol. The van der Waals surface area contributed by atoms with Crippen molar-refractivity contribution in [2.75, 3.05) is 27.2 Å². The predicted octanol–water partition coefficient (Wildman–Crippen LogP) is 8.14. The van der Waals surface area contributed by atoms with Crippen LogP contribution in [0.15, 0.2) is 101 Å². The SMILES string of the molecule is COC(=O)c1ccc(-c2cccc(Sc3ncccc3CNC(CCCNC(=O)OC(C)(C)C)C(=O)NC(CCCCN)C(=O)N(C)C(C)Cc3cn(C(=O)OC(C)(C)C)c4ccccc34)c2CNC=O)cc1. The van der Waals surface area contributed by atoms with Gasteiger partial charge in [0.2, 0.25) is 18.2 Å². The van der Waals surface area contributed by atoms with E-state index in [1.165, 1.54) is 23.4 Å². The Morgan fingerprint density at radius 3 is 2.23 bits per heavy atom. The molecule has 0 bridgehead atoms. The van der Waals surface area contributed by atoms with Crippen molar-refractivity contribution in [2.45, 2.75) is 139 Å². The number of benzene rings is 3. The summed E-state index contributed by atoms with van der Waals surface area (Å²) in [4.78, 5) is 85.9. The van der Waals surface area contributed by atoms with E-state index in [1.807, 2.05) is 94.4 Å². The highest BCUT2D eigenvalue weighted by Gasteiger charge is 2.31. The maximum absolute atomic E-state index is 14.6. The molecule has 0 saturated carbocycles. The number of pyridine rings is 1. The molecule has 3 atom stereocenters. The summed E-state index contributed by atoms with van der Waals surface area (Å²) >= 11 is 1.41. The number of nitrogens with zero attached hydrogens (tertiary/aromatic N) is 3. The number of methoxy groups -OCH3 is 1. The molecule has 3 unspecified atom stereocenters. The lowest BCUT2D eigenvalue weighted by Gasteiger charge is -2.30. The summed E-state index contributed by atoms with van der Waals surface area (Å²) in [5, 5.41) is 13.6. The normalized spacial score (nSPS) is 12.8. The molecular weight excluding hydrogens is 949 g/mol. The van der Waals surface area contributed by atoms with E-state index in [0.717, 1.165) is 38.1 Å². The number of nitrogens with two attached hydrogens (primary N) is 1. The summed E-state index contributed by atoms with van der Waals surface area (Å²) in [6.07, 6.45) is 5.74. The van der Waals surface area contributed by atoms with Crippen molar-refractivity contribution in [3.8, 4) is 11.1 Å². The number of hydrogen-bond donors (Lipinski definition) is 5. The Morgan fingerprint density at radius 2 is 1.55 bits per heavy atom. The van der Waals surface area contributed by atoms with Crippen molar-refractivity contribution in [2.24, 2.45) is 5.73 Å². The number of rotatable bonds is 24. The van der Waals surface area contributed by atoms with Crippen LogP contribution in [0.2, 0.25) is 0 Å². The van der Waals surface area contributed by atoms with E-state index in [1.54, 1.807) is 57.2 Å². The van der Waals surface area contributed by atoms with Gasteiger partial charge in [-0.25, -0.2) is 19.4 Å². The summed E-state index contributed by atoms with van der Waals surface area (Å²) in [7, 11) is 3.05. The lowest BCUT2D eigenvalue weighted by molar-refractivity contribution is -0.137. The van der Waals surface area contributed by atoms with E-state index in [9.17, 15) is 28.8 Å². The lowest BCUT2D eigenvalue weighted by Crippen LogP contribution is -2.54. The van der Waals surface area contributed by atoms with Gasteiger partial charge in [0.25, 0.3) is 0 Å². The lowest BCUT2D eigenvalue weighted by atomic mass is 9.98. The van der Waals surface area contributed by atoms with Crippen LogP contribution in [0.3, 0.4) is 0 Å². The first-order chi connectivity index (χ1) is 34.7. The second-order valence-electron chi connectivity index (χ2n) is 19.8. The van der Waals surface area contributed by atoms with Gasteiger partial charge in [-0.2, -0.15) is 0 Å². The van der Waals surface area contributed by atoms with Crippen LogP contribution in [0.25, 0.3) is 22.0 Å². The number of para-hydroxylation sites is 1. The Kier molecular flexibility index (Phi) is 21.0. The number of fused-ring (bicyclic) bond motifs is 1. The second-order valence-corrected chi connectivity index (χ2v) is 20.8. The molecule has 0 fully saturated rings. The maximum Gasteiger partial charge on any atom is 0.419 e. The number of unbranched alkanes of at least 4 members (excludes halogenated alkanes) is 1. The number of ether oxygens (including phenoxy) is 3. The first-order valence-electron chi connectivity index (χ1n) is 24.6. The number of hydrogen-bond acceptors (Lipinski definition) is 13. The van der Waals surface area contributed by atoms with Crippen LogP contribution in [0.5, 0.6) is 0 Å². The molecule has 2 heterocycles. The largest absolute Gasteiger partial charge is 0.465 e. The molecule has 0 aliphatic heterocycles. The molecule has 0 aliphatic carbocycles. The molecule has 0 saturated heterocycles. The average Bonchev–Trinajstić information content (AvgIpc) is 3.72.